The number of amides is 2. The average Bonchev–Trinajstić information content (AvgIpc) is 2.79. The summed E-state index contributed by atoms with van der Waals surface area (Å²) in [6.45, 7) is 3.02. The highest BCUT2D eigenvalue weighted by Crippen LogP contribution is 2.30. The van der Waals surface area contributed by atoms with E-state index in [4.69, 9.17) is 11.6 Å². The number of pyridine rings is 1. The van der Waals surface area contributed by atoms with E-state index in [1.807, 2.05) is 35.4 Å². The van der Waals surface area contributed by atoms with Crippen LogP contribution in [-0.4, -0.2) is 42.1 Å². The predicted octanol–water partition coefficient (Wildman–Crippen LogP) is 4.80. The van der Waals surface area contributed by atoms with Gasteiger partial charge in [-0.15, -0.1) is 0 Å². The predicted molar refractivity (Wildman–Crippen MR) is 121 cm³/mol. The van der Waals surface area contributed by atoms with Gasteiger partial charge in [-0.3, -0.25) is 4.98 Å². The molecule has 3 aromatic rings. The van der Waals surface area contributed by atoms with Gasteiger partial charge in [-0.1, -0.05) is 35.9 Å². The van der Waals surface area contributed by atoms with E-state index in [0.717, 1.165) is 48.9 Å². The molecular formula is C24H25ClN4O. The van der Waals surface area contributed by atoms with Crippen LogP contribution < -0.4 is 10.2 Å². The Morgan fingerprint density at radius 1 is 1.07 bits per heavy atom. The molecule has 30 heavy (non-hydrogen) atoms. The number of aryl methyl sites for hydroxylation is 1. The van der Waals surface area contributed by atoms with Crippen molar-refractivity contribution in [2.45, 2.75) is 25.3 Å². The molecule has 1 fully saturated rings. The highest BCUT2D eigenvalue weighted by atomic mass is 35.5. The van der Waals surface area contributed by atoms with Crippen LogP contribution in [-0.2, 0) is 6.42 Å². The maximum atomic E-state index is 12.9. The van der Waals surface area contributed by atoms with Crippen LogP contribution in [0.5, 0.6) is 0 Å². The fourth-order valence-electron chi connectivity index (χ4n) is 4.68. The second kappa shape index (κ2) is 8.15. The van der Waals surface area contributed by atoms with E-state index in [0.29, 0.717) is 18.1 Å². The van der Waals surface area contributed by atoms with Crippen LogP contribution in [0.25, 0.3) is 10.9 Å². The van der Waals surface area contributed by atoms with Crippen molar-refractivity contribution in [1.29, 1.82) is 0 Å². The number of hydrogen-bond acceptors (Lipinski definition) is 3. The molecule has 1 aromatic heterocycles. The molecule has 5 nitrogen and oxygen atoms in total. The third-order valence-electron chi connectivity index (χ3n) is 6.26. The summed E-state index contributed by atoms with van der Waals surface area (Å²) in [5, 5.41) is 5.07. The molecule has 2 aromatic carbocycles. The van der Waals surface area contributed by atoms with Gasteiger partial charge in [-0.05, 0) is 54.7 Å². The molecular weight excluding hydrogens is 396 g/mol. The molecule has 0 bridgehead atoms. The molecule has 1 atom stereocenters. The van der Waals surface area contributed by atoms with Crippen molar-refractivity contribution < 1.29 is 4.79 Å². The van der Waals surface area contributed by atoms with Gasteiger partial charge in [0.05, 0.1) is 11.6 Å². The number of carbonyl (C=O) groups is 1. The van der Waals surface area contributed by atoms with Crippen LogP contribution >= 0.6 is 11.6 Å². The molecule has 0 radical (unpaired) electrons. The standard InChI is InChI=1S/C24H25ClN4O/c25-18-8-9-20-22(16-18)26-11-10-23(20)28-12-14-29(15-13-28)24(30)27-21-7-3-5-17-4-1-2-6-19(17)21/h1-2,4,6,8-11,16,21H,3,5,7,12-15H2,(H,27,30). The van der Waals surface area contributed by atoms with Gasteiger partial charge in [0.2, 0.25) is 0 Å². The third kappa shape index (κ3) is 3.70. The number of benzene rings is 2. The minimum atomic E-state index is 0.0442. The zero-order valence-electron chi connectivity index (χ0n) is 16.9. The van der Waals surface area contributed by atoms with Crippen molar-refractivity contribution in [3.8, 4) is 0 Å². The zero-order chi connectivity index (χ0) is 20.5. The van der Waals surface area contributed by atoms with Gasteiger partial charge in [-0.2, -0.15) is 0 Å². The Labute approximate surface area is 181 Å². The molecule has 1 N–H and O–H groups in total. The van der Waals surface area contributed by atoms with Crippen molar-refractivity contribution in [3.05, 3.63) is 70.9 Å². The van der Waals surface area contributed by atoms with Gasteiger partial charge in [-0.25, -0.2) is 4.79 Å². The van der Waals surface area contributed by atoms with Crippen molar-refractivity contribution in [2.75, 3.05) is 31.1 Å². The molecule has 0 saturated carbocycles. The minimum absolute atomic E-state index is 0.0442. The summed E-state index contributed by atoms with van der Waals surface area (Å²) in [7, 11) is 0. The molecule has 0 spiro atoms. The van der Waals surface area contributed by atoms with Gasteiger partial charge in [0, 0.05) is 48.5 Å². The Morgan fingerprint density at radius 2 is 1.90 bits per heavy atom. The van der Waals surface area contributed by atoms with Crippen molar-refractivity contribution in [3.63, 3.8) is 0 Å². The Balaban J connectivity index is 1.25. The first-order valence-corrected chi connectivity index (χ1v) is 11.0. The summed E-state index contributed by atoms with van der Waals surface area (Å²) < 4.78 is 0. The maximum absolute atomic E-state index is 12.9. The normalized spacial score (nSPS) is 18.9. The van der Waals surface area contributed by atoms with Crippen molar-refractivity contribution in [1.82, 2.24) is 15.2 Å². The first-order chi connectivity index (χ1) is 14.7. The lowest BCUT2D eigenvalue weighted by Gasteiger charge is -2.37. The number of halogens is 1. The van der Waals surface area contributed by atoms with Crippen molar-refractivity contribution in [2.24, 2.45) is 0 Å². The number of hydrogen-bond donors (Lipinski definition) is 1. The number of piperazine rings is 1. The molecule has 1 aliphatic carbocycles. The first kappa shape index (κ1) is 19.2. The Kier molecular flexibility index (Phi) is 5.21. The summed E-state index contributed by atoms with van der Waals surface area (Å²) >= 11 is 6.12. The minimum Gasteiger partial charge on any atom is -0.367 e. The van der Waals surface area contributed by atoms with E-state index < -0.39 is 0 Å². The monoisotopic (exact) mass is 420 g/mol. The lowest BCUT2D eigenvalue weighted by molar-refractivity contribution is 0.189. The van der Waals surface area contributed by atoms with Crippen LogP contribution in [0.4, 0.5) is 10.5 Å². The van der Waals surface area contributed by atoms with E-state index in [-0.39, 0.29) is 12.1 Å². The second-order valence-corrected chi connectivity index (χ2v) is 8.50. The highest BCUT2D eigenvalue weighted by molar-refractivity contribution is 6.31. The number of nitrogens with one attached hydrogen (secondary N) is 1. The van der Waals surface area contributed by atoms with E-state index >= 15 is 0 Å². The van der Waals surface area contributed by atoms with Crippen LogP contribution in [0.1, 0.15) is 30.0 Å². The molecule has 6 heteroatoms. The Morgan fingerprint density at radius 3 is 2.77 bits per heavy atom. The van der Waals surface area contributed by atoms with E-state index in [1.165, 1.54) is 11.1 Å². The fourth-order valence-corrected chi connectivity index (χ4v) is 4.84. The second-order valence-electron chi connectivity index (χ2n) is 8.06. The van der Waals surface area contributed by atoms with Gasteiger partial charge in [0.1, 0.15) is 0 Å². The lowest BCUT2D eigenvalue weighted by Crippen LogP contribution is -2.52. The number of anilines is 1. The lowest BCUT2D eigenvalue weighted by atomic mass is 9.88. The molecule has 1 unspecified atom stereocenters. The quantitative estimate of drug-likeness (QED) is 0.648. The number of fused-ring (bicyclic) bond motifs is 2. The van der Waals surface area contributed by atoms with Crippen LogP contribution in [0.3, 0.4) is 0 Å². The third-order valence-corrected chi connectivity index (χ3v) is 6.49. The summed E-state index contributed by atoms with van der Waals surface area (Å²) in [5.74, 6) is 0. The topological polar surface area (TPSA) is 48.5 Å². The smallest absolute Gasteiger partial charge is 0.318 e. The van der Waals surface area contributed by atoms with E-state index in [9.17, 15) is 4.79 Å². The first-order valence-electron chi connectivity index (χ1n) is 10.6. The summed E-state index contributed by atoms with van der Waals surface area (Å²) in [6.07, 6.45) is 5.06. The number of aromatic nitrogens is 1. The molecule has 2 amide bonds. The largest absolute Gasteiger partial charge is 0.367 e. The van der Waals surface area contributed by atoms with Gasteiger partial charge >= 0.3 is 6.03 Å². The molecule has 2 heterocycles. The molecule has 1 saturated heterocycles. The molecule has 2 aliphatic rings. The summed E-state index contributed by atoms with van der Waals surface area (Å²) in [4.78, 5) is 21.6. The highest BCUT2D eigenvalue weighted by Gasteiger charge is 2.26. The average molecular weight is 421 g/mol. The maximum Gasteiger partial charge on any atom is 0.318 e. The van der Waals surface area contributed by atoms with Gasteiger partial charge < -0.3 is 15.1 Å². The molecule has 5 rings (SSSR count). The summed E-state index contributed by atoms with van der Waals surface area (Å²) in [5.41, 5.74) is 4.69. The molecule has 1 aliphatic heterocycles. The van der Waals surface area contributed by atoms with Crippen LogP contribution in [0.15, 0.2) is 54.7 Å². The van der Waals surface area contributed by atoms with E-state index in [2.05, 4.69) is 39.5 Å². The molecule has 154 valence electrons. The number of urea groups is 1. The summed E-state index contributed by atoms with van der Waals surface area (Å²) in [6, 6.07) is 16.5. The van der Waals surface area contributed by atoms with Crippen molar-refractivity contribution >= 4 is 34.2 Å². The number of carbonyl (C=O) groups excluding carboxylic acids is 1. The van der Waals surface area contributed by atoms with Crippen LogP contribution in [0, 0.1) is 0 Å². The Bertz CT molecular complexity index is 1080. The van der Waals surface area contributed by atoms with Crippen LogP contribution in [0.2, 0.25) is 5.02 Å². The van der Waals surface area contributed by atoms with Gasteiger partial charge in [0.25, 0.3) is 0 Å². The zero-order valence-corrected chi connectivity index (χ0v) is 17.6. The van der Waals surface area contributed by atoms with Gasteiger partial charge in [0.15, 0.2) is 0 Å². The van der Waals surface area contributed by atoms with E-state index in [1.54, 1.807) is 0 Å². The number of nitrogens with zero attached hydrogens (tertiary/aromatic N) is 3. The SMILES string of the molecule is O=C(NC1CCCc2ccccc21)N1CCN(c2ccnc3cc(Cl)ccc23)CC1. The number of rotatable bonds is 2. The fraction of sp³-hybridized carbons (Fsp3) is 0.333. The Hall–Kier alpha value is -2.79.